The van der Waals surface area contributed by atoms with Crippen molar-refractivity contribution < 1.29 is 13.2 Å². The molecule has 2 aliphatic rings. The Balaban J connectivity index is 1.72. The number of urea groups is 1. The maximum Gasteiger partial charge on any atom is 0.332 e. The van der Waals surface area contributed by atoms with Gasteiger partial charge >= 0.3 is 6.03 Å². The SMILES string of the molecule is CCNCC(C)(C)CS(=O)(=O)NC(=O)Nc1c2c(cc3c1CCC3)CCC2. The Morgan fingerprint density at radius 1 is 1.07 bits per heavy atom. The topological polar surface area (TPSA) is 87.3 Å². The quantitative estimate of drug-likeness (QED) is 0.665. The van der Waals surface area contributed by atoms with Crippen LogP contribution in [-0.4, -0.2) is 33.3 Å². The number of anilines is 1. The third-order valence-corrected chi connectivity index (χ3v) is 7.05. The molecule has 2 amide bonds. The Labute approximate surface area is 162 Å². The number of amides is 2. The van der Waals surface area contributed by atoms with E-state index in [4.69, 9.17) is 0 Å². The molecule has 0 atom stereocenters. The van der Waals surface area contributed by atoms with Crippen molar-refractivity contribution in [3.8, 4) is 0 Å². The molecule has 150 valence electrons. The number of aryl methyl sites for hydroxylation is 2. The Kier molecular flexibility index (Phi) is 5.82. The zero-order valence-electron chi connectivity index (χ0n) is 16.6. The van der Waals surface area contributed by atoms with E-state index in [1.54, 1.807) is 0 Å². The van der Waals surface area contributed by atoms with E-state index < -0.39 is 21.5 Å². The van der Waals surface area contributed by atoms with E-state index in [-0.39, 0.29) is 5.75 Å². The summed E-state index contributed by atoms with van der Waals surface area (Å²) in [5, 5.41) is 6.05. The van der Waals surface area contributed by atoms with Crippen LogP contribution in [0.15, 0.2) is 6.07 Å². The highest BCUT2D eigenvalue weighted by atomic mass is 32.2. The third-order valence-electron chi connectivity index (χ3n) is 5.39. The first-order valence-corrected chi connectivity index (χ1v) is 11.5. The molecule has 0 radical (unpaired) electrons. The van der Waals surface area contributed by atoms with Gasteiger partial charge in [0.05, 0.1) is 5.75 Å². The lowest BCUT2D eigenvalue weighted by Gasteiger charge is -2.24. The van der Waals surface area contributed by atoms with Crippen LogP contribution in [0.3, 0.4) is 0 Å². The minimum absolute atomic E-state index is 0.106. The molecule has 3 N–H and O–H groups in total. The van der Waals surface area contributed by atoms with Gasteiger partial charge in [-0.25, -0.2) is 17.9 Å². The summed E-state index contributed by atoms with van der Waals surface area (Å²) in [5.41, 5.74) is 5.39. The van der Waals surface area contributed by atoms with Crippen LogP contribution in [0, 0.1) is 5.41 Å². The first-order chi connectivity index (χ1) is 12.7. The van der Waals surface area contributed by atoms with Gasteiger partial charge in [0.25, 0.3) is 0 Å². The molecule has 3 rings (SSSR count). The van der Waals surface area contributed by atoms with E-state index in [1.807, 2.05) is 20.8 Å². The molecule has 0 unspecified atom stereocenters. The van der Waals surface area contributed by atoms with Crippen molar-refractivity contribution in [3.05, 3.63) is 28.3 Å². The van der Waals surface area contributed by atoms with Crippen molar-refractivity contribution in [1.29, 1.82) is 0 Å². The maximum absolute atomic E-state index is 12.5. The fourth-order valence-electron chi connectivity index (χ4n) is 4.31. The summed E-state index contributed by atoms with van der Waals surface area (Å²) in [5.74, 6) is -0.106. The van der Waals surface area contributed by atoms with Crippen LogP contribution in [0.1, 0.15) is 55.9 Å². The summed E-state index contributed by atoms with van der Waals surface area (Å²) < 4.78 is 27.2. The number of rotatable bonds is 7. The first kappa shape index (κ1) is 20.1. The van der Waals surface area contributed by atoms with Crippen molar-refractivity contribution >= 4 is 21.7 Å². The van der Waals surface area contributed by atoms with Gasteiger partial charge < -0.3 is 10.6 Å². The molecule has 1 aromatic carbocycles. The fraction of sp³-hybridized carbons (Fsp3) is 0.650. The van der Waals surface area contributed by atoms with Crippen molar-refractivity contribution in [2.75, 3.05) is 24.2 Å². The molecule has 27 heavy (non-hydrogen) atoms. The van der Waals surface area contributed by atoms with Crippen molar-refractivity contribution in [2.45, 2.75) is 59.3 Å². The van der Waals surface area contributed by atoms with Gasteiger partial charge in [-0.1, -0.05) is 26.8 Å². The van der Waals surface area contributed by atoms with E-state index in [0.29, 0.717) is 6.54 Å². The van der Waals surface area contributed by atoms with Gasteiger partial charge in [-0.15, -0.1) is 0 Å². The minimum atomic E-state index is -3.72. The molecule has 0 fully saturated rings. The zero-order chi connectivity index (χ0) is 19.7. The van der Waals surface area contributed by atoms with Gasteiger partial charge in [0.1, 0.15) is 0 Å². The van der Waals surface area contributed by atoms with Crippen molar-refractivity contribution in [3.63, 3.8) is 0 Å². The maximum atomic E-state index is 12.5. The summed E-state index contributed by atoms with van der Waals surface area (Å²) in [6, 6.07) is 1.64. The number of carbonyl (C=O) groups excluding carboxylic acids is 1. The summed E-state index contributed by atoms with van der Waals surface area (Å²) in [6.45, 7) is 7.09. The van der Waals surface area contributed by atoms with Gasteiger partial charge in [0, 0.05) is 12.2 Å². The number of benzene rings is 1. The van der Waals surface area contributed by atoms with Crippen molar-refractivity contribution in [1.82, 2.24) is 10.0 Å². The lowest BCUT2D eigenvalue weighted by Crippen LogP contribution is -2.43. The number of carbonyl (C=O) groups is 1. The molecule has 2 aliphatic carbocycles. The molecule has 6 nitrogen and oxygen atoms in total. The lowest BCUT2D eigenvalue weighted by molar-refractivity contribution is 0.256. The van der Waals surface area contributed by atoms with Gasteiger partial charge in [0.15, 0.2) is 0 Å². The monoisotopic (exact) mass is 393 g/mol. The van der Waals surface area contributed by atoms with Gasteiger partial charge in [-0.2, -0.15) is 0 Å². The Morgan fingerprint density at radius 2 is 1.67 bits per heavy atom. The minimum Gasteiger partial charge on any atom is -0.316 e. The predicted molar refractivity (Wildman–Crippen MR) is 109 cm³/mol. The number of hydrogen-bond donors (Lipinski definition) is 3. The second-order valence-electron chi connectivity index (χ2n) is 8.49. The van der Waals surface area contributed by atoms with E-state index in [1.165, 1.54) is 22.3 Å². The molecule has 7 heteroatoms. The highest BCUT2D eigenvalue weighted by Gasteiger charge is 2.29. The standard InChI is InChI=1S/C20H31N3O3S/c1-4-21-12-20(2,3)13-27(25,26)23-19(24)22-18-16-9-5-7-14(16)11-15-8-6-10-17(15)18/h11,21H,4-10,12-13H2,1-3H3,(H2,22,23,24). The van der Waals surface area contributed by atoms with Gasteiger partial charge in [-0.05, 0) is 72.7 Å². The molecule has 1 aromatic rings. The smallest absolute Gasteiger partial charge is 0.316 e. The first-order valence-electron chi connectivity index (χ1n) is 9.89. The number of nitrogens with one attached hydrogen (secondary N) is 3. The van der Waals surface area contributed by atoms with Gasteiger partial charge in [-0.3, -0.25) is 0 Å². The molecule has 0 saturated heterocycles. The molecule has 0 aliphatic heterocycles. The zero-order valence-corrected chi connectivity index (χ0v) is 17.4. The molecular weight excluding hydrogens is 362 g/mol. The van der Waals surface area contributed by atoms with E-state index >= 15 is 0 Å². The summed E-state index contributed by atoms with van der Waals surface area (Å²) >= 11 is 0. The van der Waals surface area contributed by atoms with Gasteiger partial charge in [0.2, 0.25) is 10.0 Å². The summed E-state index contributed by atoms with van der Waals surface area (Å²) in [4.78, 5) is 12.5. The molecular formula is C20H31N3O3S. The molecule has 0 spiro atoms. The summed E-state index contributed by atoms with van der Waals surface area (Å²) in [7, 11) is -3.72. The lowest BCUT2D eigenvalue weighted by atomic mass is 9.97. The van der Waals surface area contributed by atoms with Crippen LogP contribution < -0.4 is 15.4 Å². The van der Waals surface area contributed by atoms with Crippen LogP contribution >= 0.6 is 0 Å². The number of hydrogen-bond acceptors (Lipinski definition) is 4. The Morgan fingerprint density at radius 3 is 2.22 bits per heavy atom. The molecule has 0 bridgehead atoms. The summed E-state index contributed by atoms with van der Waals surface area (Å²) in [6.07, 6.45) is 6.14. The highest BCUT2D eigenvalue weighted by molar-refractivity contribution is 7.90. The fourth-order valence-corrected chi connectivity index (χ4v) is 5.85. The Bertz CT molecular complexity index is 799. The largest absolute Gasteiger partial charge is 0.332 e. The van der Waals surface area contributed by atoms with Crippen LogP contribution in [0.4, 0.5) is 10.5 Å². The Hall–Kier alpha value is -1.60. The second kappa shape index (κ2) is 7.80. The van der Waals surface area contributed by atoms with E-state index in [0.717, 1.165) is 50.8 Å². The predicted octanol–water partition coefficient (Wildman–Crippen LogP) is 2.75. The van der Waals surface area contributed by atoms with E-state index in [2.05, 4.69) is 21.4 Å². The van der Waals surface area contributed by atoms with Crippen LogP contribution in [0.2, 0.25) is 0 Å². The van der Waals surface area contributed by atoms with Crippen LogP contribution in [0.5, 0.6) is 0 Å². The average molecular weight is 394 g/mol. The van der Waals surface area contributed by atoms with Crippen LogP contribution in [-0.2, 0) is 35.7 Å². The average Bonchev–Trinajstić information content (AvgIpc) is 3.19. The third kappa shape index (κ3) is 4.82. The van der Waals surface area contributed by atoms with Crippen LogP contribution in [0.25, 0.3) is 0 Å². The van der Waals surface area contributed by atoms with Crippen molar-refractivity contribution in [2.24, 2.45) is 5.41 Å². The molecule has 0 heterocycles. The number of fused-ring (bicyclic) bond motifs is 2. The number of sulfonamides is 1. The molecule has 0 saturated carbocycles. The van der Waals surface area contributed by atoms with E-state index in [9.17, 15) is 13.2 Å². The highest BCUT2D eigenvalue weighted by Crippen LogP contribution is 2.38. The second-order valence-corrected chi connectivity index (χ2v) is 10.2. The molecule has 0 aromatic heterocycles. The normalized spacial score (nSPS) is 16.1.